The van der Waals surface area contributed by atoms with Gasteiger partial charge in [-0.15, -0.1) is 0 Å². The lowest BCUT2D eigenvalue weighted by atomic mass is 9.79. The molecule has 0 aliphatic heterocycles. The van der Waals surface area contributed by atoms with Crippen molar-refractivity contribution in [2.24, 2.45) is 0 Å². The number of halogens is 1. The molecule has 0 aliphatic carbocycles. The molecule has 1 aromatic rings. The van der Waals surface area contributed by atoms with E-state index in [1.165, 1.54) is 12.1 Å². The van der Waals surface area contributed by atoms with Crippen LogP contribution in [-0.2, 0) is 4.86 Å². The second-order valence-electron chi connectivity index (χ2n) is 2.00. The molecule has 2 N–H and O–H groups in total. The molecule has 0 saturated heterocycles. The van der Waals surface area contributed by atoms with Gasteiger partial charge in [-0.1, -0.05) is 22.7 Å². The Morgan fingerprint density at radius 3 is 2.55 bits per heavy atom. The number of hydrogen-bond donors (Lipinski definition) is 2. The summed E-state index contributed by atoms with van der Waals surface area (Å²) in [7, 11) is -1.71. The highest BCUT2D eigenvalue weighted by Gasteiger charge is 2.20. The Morgan fingerprint density at radius 2 is 2.00 bits per heavy atom. The van der Waals surface area contributed by atoms with Gasteiger partial charge in [-0.3, -0.25) is 0 Å². The molecule has 0 bridgehead atoms. The summed E-state index contributed by atoms with van der Waals surface area (Å²) in [5.41, 5.74) is 0.00926. The third-order valence-electron chi connectivity index (χ3n) is 1.29. The van der Waals surface area contributed by atoms with Crippen molar-refractivity contribution in [1.82, 2.24) is 0 Å². The maximum Gasteiger partial charge on any atom is 0.533 e. The van der Waals surface area contributed by atoms with Crippen molar-refractivity contribution >= 4 is 12.6 Å². The smallest absolute Gasteiger partial charge is 0.508 e. The van der Waals surface area contributed by atoms with Crippen molar-refractivity contribution < 1.29 is 19.5 Å². The Balaban J connectivity index is 2.93. The fourth-order valence-corrected chi connectivity index (χ4v) is 0.744. The third-order valence-corrected chi connectivity index (χ3v) is 1.29. The fourth-order valence-electron chi connectivity index (χ4n) is 0.744. The average Bonchev–Trinajstić information content (AvgIpc) is 2.04. The van der Waals surface area contributed by atoms with E-state index >= 15 is 0 Å². The summed E-state index contributed by atoms with van der Waals surface area (Å²) in [4.78, 5) is 3.11. The monoisotopic (exact) mass is 156 g/mol. The Morgan fingerprint density at radius 1 is 1.36 bits per heavy atom. The molecule has 58 valence electrons. The quantitative estimate of drug-likeness (QED) is 0.591. The summed E-state index contributed by atoms with van der Waals surface area (Å²) < 4.78 is 11.4. The van der Waals surface area contributed by atoms with Crippen LogP contribution in [0, 0.1) is 0 Å². The molecule has 1 rings (SSSR count). The van der Waals surface area contributed by atoms with E-state index in [2.05, 4.69) is 4.86 Å². The molecule has 0 radical (unpaired) electrons. The van der Waals surface area contributed by atoms with Crippen LogP contribution in [0.15, 0.2) is 24.3 Å². The average molecular weight is 156 g/mol. The van der Waals surface area contributed by atoms with Crippen LogP contribution in [0.4, 0.5) is 4.53 Å². The predicted octanol–water partition coefficient (Wildman–Crippen LogP) is -0.0192. The first-order chi connectivity index (χ1) is 5.25. The molecule has 0 aliphatic rings. The summed E-state index contributed by atoms with van der Waals surface area (Å²) in [5.74, 6) is -0.197. The van der Waals surface area contributed by atoms with Crippen LogP contribution < -0.4 is 5.46 Å². The highest BCUT2D eigenvalue weighted by atomic mass is 19.3. The maximum absolute atomic E-state index is 11.4. The molecular formula is C6H6BFO3. The lowest BCUT2D eigenvalue weighted by Gasteiger charge is -2.01. The molecule has 0 spiro atoms. The van der Waals surface area contributed by atoms with E-state index in [0.717, 1.165) is 0 Å². The van der Waals surface area contributed by atoms with Gasteiger partial charge in [0, 0.05) is 5.46 Å². The van der Waals surface area contributed by atoms with Crippen LogP contribution in [0.5, 0.6) is 5.75 Å². The fraction of sp³-hybridized carbons (Fsp3) is 0. The number of rotatable bonds is 2. The number of benzene rings is 1. The van der Waals surface area contributed by atoms with Gasteiger partial charge in [0.2, 0.25) is 0 Å². The van der Waals surface area contributed by atoms with E-state index in [0.29, 0.717) is 0 Å². The molecule has 0 unspecified atom stereocenters. The first kappa shape index (κ1) is 8.04. The molecule has 11 heavy (non-hydrogen) atoms. The van der Waals surface area contributed by atoms with Crippen LogP contribution in [-0.4, -0.2) is 17.2 Å². The van der Waals surface area contributed by atoms with Gasteiger partial charge in [0.1, 0.15) is 5.75 Å². The molecule has 5 heteroatoms. The first-order valence-corrected chi connectivity index (χ1v) is 2.99. The number of hydrogen-bond acceptors (Lipinski definition) is 3. The predicted molar refractivity (Wildman–Crippen MR) is 37.9 cm³/mol. The van der Waals surface area contributed by atoms with E-state index in [9.17, 15) is 4.53 Å². The summed E-state index contributed by atoms with van der Waals surface area (Å²) in [6.07, 6.45) is 0. The van der Waals surface area contributed by atoms with Crippen molar-refractivity contribution in [3.63, 3.8) is 0 Å². The van der Waals surface area contributed by atoms with Gasteiger partial charge < -0.3 is 10.1 Å². The molecule has 3 nitrogen and oxygen atoms in total. The Kier molecular flexibility index (Phi) is 2.46. The lowest BCUT2D eigenvalue weighted by molar-refractivity contribution is -0.0268. The summed E-state index contributed by atoms with van der Waals surface area (Å²) >= 11 is 0. The van der Waals surface area contributed by atoms with Crippen molar-refractivity contribution in [2.45, 2.75) is 0 Å². The minimum absolute atomic E-state index is 0.00926. The first-order valence-electron chi connectivity index (χ1n) is 2.99. The van der Waals surface area contributed by atoms with Gasteiger partial charge in [0.15, 0.2) is 0 Å². The number of para-hydroxylation sites is 1. The Hall–Kier alpha value is -1.07. The summed E-state index contributed by atoms with van der Waals surface area (Å²) in [6, 6.07) is 5.80. The minimum Gasteiger partial charge on any atom is -0.508 e. The zero-order chi connectivity index (χ0) is 8.27. The molecular weight excluding hydrogens is 150 g/mol. The van der Waals surface area contributed by atoms with Crippen LogP contribution in [0.2, 0.25) is 0 Å². The molecule has 0 saturated carbocycles. The third kappa shape index (κ3) is 1.69. The number of aromatic hydroxyl groups is 1. The minimum atomic E-state index is -1.71. The van der Waals surface area contributed by atoms with Gasteiger partial charge in [-0.05, 0) is 6.07 Å². The summed E-state index contributed by atoms with van der Waals surface area (Å²) in [5, 5.41) is 17.8. The zero-order valence-corrected chi connectivity index (χ0v) is 5.57. The van der Waals surface area contributed by atoms with Crippen LogP contribution in [0.25, 0.3) is 0 Å². The highest BCUT2D eigenvalue weighted by Crippen LogP contribution is 2.04. The normalized spacial score (nSPS) is 9.64. The van der Waals surface area contributed by atoms with E-state index < -0.39 is 7.12 Å². The van der Waals surface area contributed by atoms with Gasteiger partial charge in [0.25, 0.3) is 0 Å². The van der Waals surface area contributed by atoms with Gasteiger partial charge in [0.05, 0.1) is 0 Å². The molecule has 0 atom stereocenters. The van der Waals surface area contributed by atoms with Crippen LogP contribution in [0.3, 0.4) is 0 Å². The highest BCUT2D eigenvalue weighted by molar-refractivity contribution is 6.60. The molecule has 0 amide bonds. The largest absolute Gasteiger partial charge is 0.533 e. The molecule has 0 aromatic heterocycles. The number of phenolic OH excluding ortho intramolecular Hbond substituents is 1. The SMILES string of the molecule is OB(OF)c1ccccc1O. The molecule has 0 heterocycles. The molecule has 1 aromatic carbocycles. The Bertz CT molecular complexity index is 243. The van der Waals surface area contributed by atoms with Crippen LogP contribution in [0.1, 0.15) is 0 Å². The van der Waals surface area contributed by atoms with Crippen molar-refractivity contribution in [3.8, 4) is 5.75 Å². The lowest BCUT2D eigenvalue weighted by Crippen LogP contribution is -2.31. The molecule has 0 fully saturated rings. The van der Waals surface area contributed by atoms with Gasteiger partial charge in [-0.25, -0.2) is 4.86 Å². The van der Waals surface area contributed by atoms with Crippen molar-refractivity contribution in [1.29, 1.82) is 0 Å². The van der Waals surface area contributed by atoms with Crippen LogP contribution >= 0.6 is 0 Å². The standard InChI is InChI=1S/C6H6BFO3/c8-11-7(10)5-3-1-2-4-6(5)9/h1-4,9-10H. The van der Waals surface area contributed by atoms with Crippen molar-refractivity contribution in [3.05, 3.63) is 24.3 Å². The maximum atomic E-state index is 11.4. The van der Waals surface area contributed by atoms with Crippen molar-refractivity contribution in [2.75, 3.05) is 0 Å². The summed E-state index contributed by atoms with van der Waals surface area (Å²) in [6.45, 7) is 0. The van der Waals surface area contributed by atoms with E-state index in [1.807, 2.05) is 0 Å². The van der Waals surface area contributed by atoms with Gasteiger partial charge in [-0.2, -0.15) is 0 Å². The second-order valence-corrected chi connectivity index (χ2v) is 2.00. The number of phenols is 1. The van der Waals surface area contributed by atoms with E-state index in [-0.39, 0.29) is 11.2 Å². The second kappa shape index (κ2) is 3.36. The van der Waals surface area contributed by atoms with Gasteiger partial charge >= 0.3 is 7.12 Å². The Labute approximate surface area is 63.1 Å². The van der Waals surface area contributed by atoms with E-state index in [4.69, 9.17) is 10.1 Å². The zero-order valence-electron chi connectivity index (χ0n) is 5.57. The van der Waals surface area contributed by atoms with E-state index in [1.54, 1.807) is 12.1 Å². The topological polar surface area (TPSA) is 49.7 Å².